The molecule has 0 atom stereocenters. The molecule has 0 fully saturated rings. The summed E-state index contributed by atoms with van der Waals surface area (Å²) >= 11 is 0. The van der Waals surface area contributed by atoms with Crippen molar-refractivity contribution in [3.05, 3.63) is 48.3 Å². The van der Waals surface area contributed by atoms with Gasteiger partial charge in [-0.25, -0.2) is 14.2 Å². The molecule has 1 heterocycles. The summed E-state index contributed by atoms with van der Waals surface area (Å²) < 4.78 is 19.5. The number of hydrogen-bond acceptors (Lipinski definition) is 4. The Kier molecular flexibility index (Phi) is 4.40. The van der Waals surface area contributed by atoms with Gasteiger partial charge in [-0.05, 0) is 24.3 Å². The first-order valence-electron chi connectivity index (χ1n) is 6.78. The van der Waals surface area contributed by atoms with Crippen molar-refractivity contribution in [2.75, 3.05) is 6.61 Å². The van der Waals surface area contributed by atoms with Gasteiger partial charge in [0.15, 0.2) is 18.1 Å². The lowest BCUT2D eigenvalue weighted by atomic mass is 9.91. The molecule has 0 aliphatic heterocycles. The number of Topliss-reactive ketones (excluding diaryl/α,β-unsaturated/α-hetero) is 1. The van der Waals surface area contributed by atoms with Gasteiger partial charge in [-0.3, -0.25) is 9.36 Å². The minimum atomic E-state index is -0.653. The van der Waals surface area contributed by atoms with Gasteiger partial charge in [0.25, 0.3) is 0 Å². The number of halogens is 1. The molecule has 0 unspecified atom stereocenters. The van der Waals surface area contributed by atoms with Crippen LogP contribution in [0.15, 0.2) is 36.8 Å². The van der Waals surface area contributed by atoms with Crippen LogP contribution in [0.3, 0.4) is 0 Å². The van der Waals surface area contributed by atoms with Crippen molar-refractivity contribution in [3.8, 4) is 5.69 Å². The van der Waals surface area contributed by atoms with Crippen LogP contribution in [0, 0.1) is 11.2 Å². The number of ketones is 1. The highest BCUT2D eigenvalue weighted by Gasteiger charge is 2.23. The topological polar surface area (TPSA) is 61.2 Å². The quantitative estimate of drug-likeness (QED) is 0.815. The largest absolute Gasteiger partial charge is 0.453 e. The molecule has 22 heavy (non-hydrogen) atoms. The molecule has 116 valence electrons. The monoisotopic (exact) mass is 304 g/mol. The predicted molar refractivity (Wildman–Crippen MR) is 78.3 cm³/mol. The van der Waals surface area contributed by atoms with Crippen molar-refractivity contribution in [3.63, 3.8) is 0 Å². The second-order valence-corrected chi connectivity index (χ2v) is 5.87. The summed E-state index contributed by atoms with van der Waals surface area (Å²) in [6.07, 6.45) is 2.77. The van der Waals surface area contributed by atoms with Gasteiger partial charge in [-0.2, -0.15) is 0 Å². The van der Waals surface area contributed by atoms with Crippen molar-refractivity contribution in [2.45, 2.75) is 20.8 Å². The van der Waals surface area contributed by atoms with Crippen molar-refractivity contribution >= 4 is 11.8 Å². The molecule has 2 aromatic rings. The lowest BCUT2D eigenvalue weighted by molar-refractivity contribution is -0.129. The zero-order valence-electron chi connectivity index (χ0n) is 12.7. The number of benzene rings is 1. The van der Waals surface area contributed by atoms with Gasteiger partial charge in [0.2, 0.25) is 0 Å². The van der Waals surface area contributed by atoms with Gasteiger partial charge in [0.1, 0.15) is 5.82 Å². The molecule has 0 amide bonds. The van der Waals surface area contributed by atoms with Crippen molar-refractivity contribution in [2.24, 2.45) is 5.41 Å². The minimum absolute atomic E-state index is 0.173. The van der Waals surface area contributed by atoms with Crippen molar-refractivity contribution in [1.29, 1.82) is 0 Å². The van der Waals surface area contributed by atoms with E-state index in [1.54, 1.807) is 20.8 Å². The molecule has 2 rings (SSSR count). The third-order valence-corrected chi connectivity index (χ3v) is 3.12. The average Bonchev–Trinajstić information content (AvgIpc) is 2.93. The fourth-order valence-electron chi connectivity index (χ4n) is 1.68. The van der Waals surface area contributed by atoms with E-state index >= 15 is 0 Å². The molecule has 6 heteroatoms. The van der Waals surface area contributed by atoms with E-state index in [-0.39, 0.29) is 23.9 Å². The number of nitrogens with zero attached hydrogens (tertiary/aromatic N) is 2. The van der Waals surface area contributed by atoms with Crippen LogP contribution >= 0.6 is 0 Å². The van der Waals surface area contributed by atoms with Crippen LogP contribution in [0.5, 0.6) is 0 Å². The number of aromatic nitrogens is 2. The lowest BCUT2D eigenvalue weighted by Crippen LogP contribution is -2.26. The molecule has 1 aromatic heterocycles. The molecule has 5 nitrogen and oxygen atoms in total. The highest BCUT2D eigenvalue weighted by molar-refractivity contribution is 5.91. The van der Waals surface area contributed by atoms with Crippen LogP contribution in [0.1, 0.15) is 31.3 Å². The Morgan fingerprint density at radius 3 is 2.45 bits per heavy atom. The van der Waals surface area contributed by atoms with Crippen LogP contribution in [0.25, 0.3) is 5.69 Å². The SMILES string of the molecule is CC(C)(C)C(=O)COC(=O)c1cncn1-c1ccc(F)cc1. The van der Waals surface area contributed by atoms with Crippen LogP contribution < -0.4 is 0 Å². The Hall–Kier alpha value is -2.50. The van der Waals surface area contributed by atoms with E-state index in [9.17, 15) is 14.0 Å². The Labute approximate surface area is 127 Å². The lowest BCUT2D eigenvalue weighted by Gasteiger charge is -2.16. The first-order chi connectivity index (χ1) is 10.3. The van der Waals surface area contributed by atoms with Crippen LogP contribution in [0.2, 0.25) is 0 Å². The third kappa shape index (κ3) is 3.58. The number of carbonyl (C=O) groups is 2. The highest BCUT2D eigenvalue weighted by Crippen LogP contribution is 2.16. The number of imidazole rings is 1. The maximum atomic E-state index is 13.0. The van der Waals surface area contributed by atoms with E-state index < -0.39 is 11.4 Å². The van der Waals surface area contributed by atoms with Crippen LogP contribution in [-0.2, 0) is 9.53 Å². The Morgan fingerprint density at radius 1 is 1.23 bits per heavy atom. The standard InChI is InChI=1S/C16H17FN2O3/c1-16(2,3)14(20)9-22-15(21)13-8-18-10-19(13)12-6-4-11(17)5-7-12/h4-8,10H,9H2,1-3H3. The molecule has 0 aliphatic carbocycles. The van der Waals surface area contributed by atoms with E-state index in [2.05, 4.69) is 4.98 Å². The summed E-state index contributed by atoms with van der Waals surface area (Å²) in [5.41, 5.74) is 0.179. The van der Waals surface area contributed by atoms with E-state index in [1.807, 2.05) is 0 Å². The number of carbonyl (C=O) groups excluding carboxylic acids is 2. The zero-order chi connectivity index (χ0) is 16.3. The number of ether oxygens (including phenoxy) is 1. The number of esters is 1. The van der Waals surface area contributed by atoms with Crippen LogP contribution in [0.4, 0.5) is 4.39 Å². The maximum absolute atomic E-state index is 13.0. The molecular weight excluding hydrogens is 287 g/mol. The van der Waals surface area contributed by atoms with Gasteiger partial charge in [0, 0.05) is 11.1 Å². The molecule has 0 spiro atoms. The molecule has 0 radical (unpaired) electrons. The van der Waals surface area contributed by atoms with E-state index in [0.29, 0.717) is 5.69 Å². The first-order valence-corrected chi connectivity index (χ1v) is 6.78. The Bertz CT molecular complexity index is 684. The van der Waals surface area contributed by atoms with Gasteiger partial charge < -0.3 is 4.74 Å². The summed E-state index contributed by atoms with van der Waals surface area (Å²) in [5, 5.41) is 0. The summed E-state index contributed by atoms with van der Waals surface area (Å²) in [5.74, 6) is -1.20. The molecule has 1 aromatic carbocycles. The Morgan fingerprint density at radius 2 is 1.86 bits per heavy atom. The second kappa shape index (κ2) is 6.09. The molecular formula is C16H17FN2O3. The first kappa shape index (κ1) is 15.9. The zero-order valence-corrected chi connectivity index (χ0v) is 12.7. The smallest absolute Gasteiger partial charge is 0.357 e. The molecule has 0 bridgehead atoms. The molecule has 0 N–H and O–H groups in total. The van der Waals surface area contributed by atoms with Crippen molar-refractivity contribution < 1.29 is 18.7 Å². The van der Waals surface area contributed by atoms with Gasteiger partial charge in [-0.15, -0.1) is 0 Å². The summed E-state index contributed by atoms with van der Waals surface area (Å²) in [6.45, 7) is 4.97. The highest BCUT2D eigenvalue weighted by atomic mass is 19.1. The van der Waals surface area contributed by atoms with Gasteiger partial charge in [-0.1, -0.05) is 20.8 Å². The van der Waals surface area contributed by atoms with Crippen molar-refractivity contribution in [1.82, 2.24) is 9.55 Å². The summed E-state index contributed by atoms with van der Waals surface area (Å²) in [4.78, 5) is 27.8. The summed E-state index contributed by atoms with van der Waals surface area (Å²) in [7, 11) is 0. The third-order valence-electron chi connectivity index (χ3n) is 3.12. The number of hydrogen-bond donors (Lipinski definition) is 0. The minimum Gasteiger partial charge on any atom is -0.453 e. The van der Waals surface area contributed by atoms with E-state index in [4.69, 9.17) is 4.74 Å². The fraction of sp³-hybridized carbons (Fsp3) is 0.312. The van der Waals surface area contributed by atoms with E-state index in [1.165, 1.54) is 41.4 Å². The predicted octanol–water partition coefficient (Wildman–Crippen LogP) is 2.78. The van der Waals surface area contributed by atoms with Gasteiger partial charge >= 0.3 is 5.97 Å². The molecule has 0 saturated heterocycles. The average molecular weight is 304 g/mol. The normalized spacial score (nSPS) is 11.3. The fourth-order valence-corrected chi connectivity index (χ4v) is 1.68. The summed E-state index contributed by atoms with van der Waals surface area (Å²) in [6, 6.07) is 5.61. The molecule has 0 saturated carbocycles. The van der Waals surface area contributed by atoms with Crippen LogP contribution in [-0.4, -0.2) is 27.9 Å². The van der Waals surface area contributed by atoms with E-state index in [0.717, 1.165) is 0 Å². The number of rotatable bonds is 4. The Balaban J connectivity index is 2.14. The second-order valence-electron chi connectivity index (χ2n) is 5.87. The molecule has 0 aliphatic rings. The van der Waals surface area contributed by atoms with Gasteiger partial charge in [0.05, 0.1) is 12.5 Å². The maximum Gasteiger partial charge on any atom is 0.357 e.